The van der Waals surface area contributed by atoms with Gasteiger partial charge in [-0.15, -0.1) is 0 Å². The number of benzene rings is 1. The molecule has 0 bridgehead atoms. The third-order valence-corrected chi connectivity index (χ3v) is 4.70. The van der Waals surface area contributed by atoms with Crippen LogP contribution < -0.4 is 4.72 Å². The molecule has 0 saturated heterocycles. The summed E-state index contributed by atoms with van der Waals surface area (Å²) in [4.78, 5) is 11.1. The summed E-state index contributed by atoms with van der Waals surface area (Å²) < 4.78 is 36.7. The third-order valence-electron chi connectivity index (χ3n) is 3.20. The van der Waals surface area contributed by atoms with Gasteiger partial charge in [0.25, 0.3) is 0 Å². The van der Waals surface area contributed by atoms with E-state index in [4.69, 9.17) is 4.74 Å². The first-order valence-corrected chi connectivity index (χ1v) is 9.19. The number of ether oxygens (including phenoxy) is 2. The van der Waals surface area contributed by atoms with Crippen LogP contribution in [0.3, 0.4) is 0 Å². The highest BCUT2D eigenvalue weighted by atomic mass is 32.2. The zero-order valence-electron chi connectivity index (χ0n) is 14.5. The zero-order valence-corrected chi connectivity index (χ0v) is 15.3. The van der Waals surface area contributed by atoms with Crippen LogP contribution in [0.2, 0.25) is 0 Å². The lowest BCUT2D eigenvalue weighted by Gasteiger charge is -2.17. The molecule has 1 rings (SSSR count). The molecule has 0 aliphatic rings. The van der Waals surface area contributed by atoms with Crippen molar-refractivity contribution in [3.63, 3.8) is 0 Å². The van der Waals surface area contributed by atoms with Gasteiger partial charge in [0, 0.05) is 6.04 Å². The summed E-state index contributed by atoms with van der Waals surface area (Å²) in [6.07, 6.45) is 3.14. The average molecular weight is 355 g/mol. The molecule has 134 valence electrons. The van der Waals surface area contributed by atoms with Gasteiger partial charge in [-0.25, -0.2) is 17.9 Å². The van der Waals surface area contributed by atoms with E-state index in [-0.39, 0.29) is 11.5 Å². The van der Waals surface area contributed by atoms with Crippen molar-refractivity contribution in [1.29, 1.82) is 0 Å². The minimum absolute atomic E-state index is 0.0214. The Morgan fingerprint density at radius 3 is 2.42 bits per heavy atom. The van der Waals surface area contributed by atoms with Crippen molar-refractivity contribution in [2.75, 3.05) is 13.7 Å². The predicted octanol–water partition coefficient (Wildman–Crippen LogP) is 3.03. The highest BCUT2D eigenvalue weighted by molar-refractivity contribution is 7.89. The smallest absolute Gasteiger partial charge is 0.438 e. The quantitative estimate of drug-likeness (QED) is 0.572. The zero-order chi connectivity index (χ0) is 18.2. The van der Waals surface area contributed by atoms with E-state index in [9.17, 15) is 13.2 Å². The third kappa shape index (κ3) is 7.14. The van der Waals surface area contributed by atoms with E-state index in [0.717, 1.165) is 5.56 Å². The molecule has 1 atom stereocenters. The SMILES string of the molecule is COC(=O)OC/C=C\C(CC(C)C)NS(=O)(=O)c1ccc(C)cc1. The maximum absolute atomic E-state index is 12.5. The Hall–Kier alpha value is -1.86. The Kier molecular flexibility index (Phi) is 7.94. The van der Waals surface area contributed by atoms with Gasteiger partial charge in [0.15, 0.2) is 0 Å². The minimum Gasteiger partial charge on any atom is -0.438 e. The summed E-state index contributed by atoms with van der Waals surface area (Å²) in [6, 6.07) is 6.28. The monoisotopic (exact) mass is 355 g/mol. The first kappa shape index (κ1) is 20.2. The lowest BCUT2D eigenvalue weighted by molar-refractivity contribution is 0.0817. The minimum atomic E-state index is -3.61. The van der Waals surface area contributed by atoms with Crippen LogP contribution in [0, 0.1) is 12.8 Å². The van der Waals surface area contributed by atoms with E-state index in [1.165, 1.54) is 7.11 Å². The van der Waals surface area contributed by atoms with E-state index < -0.39 is 22.2 Å². The number of hydrogen-bond donors (Lipinski definition) is 1. The number of carbonyl (C=O) groups excluding carboxylic acids is 1. The largest absolute Gasteiger partial charge is 0.508 e. The van der Waals surface area contributed by atoms with Gasteiger partial charge in [-0.3, -0.25) is 0 Å². The Labute approximate surface area is 143 Å². The fourth-order valence-corrected chi connectivity index (χ4v) is 3.26. The van der Waals surface area contributed by atoms with E-state index in [0.29, 0.717) is 12.3 Å². The molecule has 0 saturated carbocycles. The predicted molar refractivity (Wildman–Crippen MR) is 92.2 cm³/mol. The molecule has 0 spiro atoms. The first-order valence-electron chi connectivity index (χ1n) is 7.71. The maximum atomic E-state index is 12.5. The highest BCUT2D eigenvalue weighted by Gasteiger charge is 2.19. The molecule has 0 heterocycles. The van der Waals surface area contributed by atoms with Gasteiger partial charge < -0.3 is 9.47 Å². The molecule has 1 aromatic carbocycles. The van der Waals surface area contributed by atoms with Crippen molar-refractivity contribution in [2.24, 2.45) is 5.92 Å². The Morgan fingerprint density at radius 1 is 1.25 bits per heavy atom. The van der Waals surface area contributed by atoms with Gasteiger partial charge in [-0.1, -0.05) is 37.6 Å². The van der Waals surface area contributed by atoms with Crippen LogP contribution in [0.4, 0.5) is 4.79 Å². The first-order chi connectivity index (χ1) is 11.2. The van der Waals surface area contributed by atoms with Crippen LogP contribution in [-0.2, 0) is 19.5 Å². The Bertz CT molecular complexity index is 650. The van der Waals surface area contributed by atoms with Crippen molar-refractivity contribution in [3.05, 3.63) is 42.0 Å². The number of rotatable bonds is 8. The fourth-order valence-electron chi connectivity index (χ4n) is 2.05. The molecule has 6 nitrogen and oxygen atoms in total. The molecule has 0 fully saturated rings. The summed E-state index contributed by atoms with van der Waals surface area (Å²) in [7, 11) is -2.39. The van der Waals surface area contributed by atoms with Crippen molar-refractivity contribution in [1.82, 2.24) is 4.72 Å². The highest BCUT2D eigenvalue weighted by Crippen LogP contribution is 2.13. The summed E-state index contributed by atoms with van der Waals surface area (Å²) in [5.41, 5.74) is 0.993. The second kappa shape index (κ2) is 9.44. The van der Waals surface area contributed by atoms with E-state index in [2.05, 4.69) is 9.46 Å². The summed E-state index contributed by atoms with van der Waals surface area (Å²) in [6.45, 7) is 5.93. The fraction of sp³-hybridized carbons (Fsp3) is 0.471. The molecule has 0 amide bonds. The van der Waals surface area contributed by atoms with Gasteiger partial charge >= 0.3 is 6.16 Å². The lowest BCUT2D eigenvalue weighted by Crippen LogP contribution is -2.34. The van der Waals surface area contributed by atoms with Crippen LogP contribution in [0.25, 0.3) is 0 Å². The number of hydrogen-bond acceptors (Lipinski definition) is 5. The number of aryl methyl sites for hydroxylation is 1. The van der Waals surface area contributed by atoms with E-state index in [1.54, 1.807) is 36.4 Å². The second-order valence-corrected chi connectivity index (χ2v) is 7.58. The molecule has 1 unspecified atom stereocenters. The maximum Gasteiger partial charge on any atom is 0.508 e. The molecule has 0 aliphatic heterocycles. The summed E-state index contributed by atoms with van der Waals surface area (Å²) in [5, 5.41) is 0. The van der Waals surface area contributed by atoms with Crippen LogP contribution in [-0.4, -0.2) is 34.3 Å². The normalized spacial score (nSPS) is 13.2. The van der Waals surface area contributed by atoms with Gasteiger partial charge in [-0.2, -0.15) is 0 Å². The van der Waals surface area contributed by atoms with Gasteiger partial charge in [0.05, 0.1) is 12.0 Å². The van der Waals surface area contributed by atoms with Crippen molar-refractivity contribution >= 4 is 16.2 Å². The van der Waals surface area contributed by atoms with Gasteiger partial charge in [0.2, 0.25) is 10.0 Å². The summed E-state index contributed by atoms with van der Waals surface area (Å²) >= 11 is 0. The number of nitrogens with one attached hydrogen (secondary N) is 1. The van der Waals surface area contributed by atoms with Crippen molar-refractivity contribution in [3.8, 4) is 0 Å². The Balaban J connectivity index is 2.79. The molecule has 0 aromatic heterocycles. The van der Waals surface area contributed by atoms with E-state index >= 15 is 0 Å². The topological polar surface area (TPSA) is 81.7 Å². The standard InChI is InChI=1S/C17H25NO5S/c1-13(2)12-15(6-5-11-23-17(19)22-4)18-24(20,21)16-9-7-14(3)8-10-16/h5-10,13,15,18H,11-12H2,1-4H3/b6-5-. The molecule has 0 aliphatic carbocycles. The summed E-state index contributed by atoms with van der Waals surface area (Å²) in [5.74, 6) is 0.293. The van der Waals surface area contributed by atoms with Gasteiger partial charge in [-0.05, 0) is 37.5 Å². The van der Waals surface area contributed by atoms with E-state index in [1.807, 2.05) is 20.8 Å². The molecular formula is C17H25NO5S. The van der Waals surface area contributed by atoms with Gasteiger partial charge in [0.1, 0.15) is 6.61 Å². The molecule has 7 heteroatoms. The van der Waals surface area contributed by atoms with Crippen LogP contribution >= 0.6 is 0 Å². The van der Waals surface area contributed by atoms with Crippen LogP contribution in [0.1, 0.15) is 25.8 Å². The average Bonchev–Trinajstić information content (AvgIpc) is 2.50. The van der Waals surface area contributed by atoms with Crippen LogP contribution in [0.5, 0.6) is 0 Å². The Morgan fingerprint density at radius 2 is 1.88 bits per heavy atom. The molecule has 0 radical (unpaired) electrons. The van der Waals surface area contributed by atoms with Crippen molar-refractivity contribution in [2.45, 2.75) is 38.1 Å². The number of sulfonamides is 1. The lowest BCUT2D eigenvalue weighted by atomic mass is 10.0. The molecule has 1 aromatic rings. The second-order valence-electron chi connectivity index (χ2n) is 5.86. The molecule has 24 heavy (non-hydrogen) atoms. The number of carbonyl (C=O) groups is 1. The molecule has 1 N–H and O–H groups in total. The van der Waals surface area contributed by atoms with Crippen LogP contribution in [0.15, 0.2) is 41.3 Å². The molecular weight excluding hydrogens is 330 g/mol. The van der Waals surface area contributed by atoms with Crippen molar-refractivity contribution < 1.29 is 22.7 Å². The number of methoxy groups -OCH3 is 1.